The molecule has 9 heteroatoms. The van der Waals surface area contributed by atoms with E-state index in [9.17, 15) is 10.3 Å². The fourth-order valence-electron chi connectivity index (χ4n) is 3.58. The van der Waals surface area contributed by atoms with Gasteiger partial charge in [0, 0.05) is 0 Å². The first-order chi connectivity index (χ1) is 14.7. The summed E-state index contributed by atoms with van der Waals surface area (Å²) in [6.45, 7) is 1.62. The van der Waals surface area contributed by atoms with Crippen LogP contribution in [-0.4, -0.2) is 56.9 Å². The minimum atomic E-state index is -0.761. The molecule has 0 bridgehead atoms. The van der Waals surface area contributed by atoms with Crippen LogP contribution in [0, 0.1) is 0 Å². The molecular formula is C21H21N3O5Se. The van der Waals surface area contributed by atoms with Gasteiger partial charge in [0.2, 0.25) is 0 Å². The number of hydrogen-bond donors (Lipinski definition) is 0. The molecule has 1 unspecified atom stereocenters. The van der Waals surface area contributed by atoms with Crippen LogP contribution in [0.15, 0.2) is 65.8 Å². The Kier molecular flexibility index (Phi) is 6.69. The van der Waals surface area contributed by atoms with Crippen molar-refractivity contribution in [2.45, 2.75) is 42.6 Å². The van der Waals surface area contributed by atoms with Gasteiger partial charge in [-0.2, -0.15) is 0 Å². The standard InChI is InChI=1S/C21H21N3O5Se/c1-13(25)27-19-17(23-24-22)21(30-15-10-6-3-7-11-15)28-16-12-26-20(29-18(16)19)14-8-4-2-5-9-14/h2-11,16-21H,12H2,1H3/t16-,17+,18-,19+,20?,21-/m1/s1. The van der Waals surface area contributed by atoms with Crippen LogP contribution < -0.4 is 4.46 Å². The van der Waals surface area contributed by atoms with E-state index in [-0.39, 0.29) is 21.6 Å². The van der Waals surface area contributed by atoms with Gasteiger partial charge >= 0.3 is 180 Å². The molecule has 30 heavy (non-hydrogen) atoms. The molecule has 0 radical (unpaired) electrons. The quantitative estimate of drug-likeness (QED) is 0.218. The molecular weight excluding hydrogens is 453 g/mol. The number of fused-ring (bicyclic) bond motifs is 1. The third kappa shape index (κ3) is 4.68. The number of hydrogen-bond acceptors (Lipinski definition) is 6. The van der Waals surface area contributed by atoms with Gasteiger partial charge in [0.05, 0.1) is 0 Å². The summed E-state index contributed by atoms with van der Waals surface area (Å²) in [6.07, 6.45) is -2.42. The number of rotatable bonds is 5. The number of nitrogens with zero attached hydrogens (tertiary/aromatic N) is 3. The average molecular weight is 474 g/mol. The van der Waals surface area contributed by atoms with Crippen LogP contribution in [0.25, 0.3) is 10.4 Å². The third-order valence-electron chi connectivity index (χ3n) is 4.86. The van der Waals surface area contributed by atoms with Gasteiger partial charge in [-0.25, -0.2) is 0 Å². The number of azide groups is 1. The van der Waals surface area contributed by atoms with E-state index in [2.05, 4.69) is 10.0 Å². The van der Waals surface area contributed by atoms with Crippen molar-refractivity contribution in [3.63, 3.8) is 0 Å². The van der Waals surface area contributed by atoms with Gasteiger partial charge in [-0.15, -0.1) is 0 Å². The Labute approximate surface area is 180 Å². The monoisotopic (exact) mass is 475 g/mol. The summed E-state index contributed by atoms with van der Waals surface area (Å²) < 4.78 is 25.1. The number of carbonyl (C=O) groups is 1. The molecule has 2 aliphatic rings. The van der Waals surface area contributed by atoms with Gasteiger partial charge in [-0.3, -0.25) is 0 Å². The molecule has 2 saturated heterocycles. The first-order valence-electron chi connectivity index (χ1n) is 9.56. The zero-order valence-electron chi connectivity index (χ0n) is 16.2. The second-order valence-electron chi connectivity index (χ2n) is 6.92. The zero-order valence-corrected chi connectivity index (χ0v) is 17.9. The van der Waals surface area contributed by atoms with Crippen molar-refractivity contribution < 1.29 is 23.7 Å². The molecule has 0 aromatic heterocycles. The summed E-state index contributed by atoms with van der Waals surface area (Å²) in [7, 11) is 0. The van der Waals surface area contributed by atoms with Crippen molar-refractivity contribution in [1.82, 2.24) is 0 Å². The molecule has 2 fully saturated rings. The van der Waals surface area contributed by atoms with Crippen molar-refractivity contribution in [2.24, 2.45) is 5.11 Å². The van der Waals surface area contributed by atoms with E-state index < -0.39 is 41.6 Å². The number of ether oxygens (including phenoxy) is 4. The van der Waals surface area contributed by atoms with E-state index >= 15 is 0 Å². The van der Waals surface area contributed by atoms with E-state index in [1.54, 1.807) is 0 Å². The van der Waals surface area contributed by atoms with Gasteiger partial charge < -0.3 is 0 Å². The Balaban J connectivity index is 1.61. The fraction of sp³-hybridized carbons (Fsp3) is 0.381. The second kappa shape index (κ2) is 9.62. The third-order valence-corrected chi connectivity index (χ3v) is 7.31. The van der Waals surface area contributed by atoms with Crippen LogP contribution in [0.1, 0.15) is 18.8 Å². The van der Waals surface area contributed by atoms with Crippen molar-refractivity contribution >= 4 is 25.4 Å². The van der Waals surface area contributed by atoms with Crippen LogP contribution >= 0.6 is 0 Å². The molecule has 0 saturated carbocycles. The molecule has 8 nitrogen and oxygen atoms in total. The Morgan fingerprint density at radius 3 is 2.50 bits per heavy atom. The molecule has 156 valence electrons. The molecule has 2 heterocycles. The SMILES string of the molecule is CC(=O)O[C@H]1[C@H](N=[N+]=[N-])[C@@H]([Se]c2ccccc2)O[C@@H]2COC(c3ccccc3)O[C@@H]12. The molecule has 0 amide bonds. The second-order valence-corrected chi connectivity index (χ2v) is 9.38. The molecule has 0 spiro atoms. The van der Waals surface area contributed by atoms with Gasteiger partial charge in [-0.05, 0) is 0 Å². The number of benzene rings is 2. The van der Waals surface area contributed by atoms with Crippen LogP contribution in [0.5, 0.6) is 0 Å². The Morgan fingerprint density at radius 1 is 1.13 bits per heavy atom. The Bertz CT molecular complexity index is 909. The van der Waals surface area contributed by atoms with E-state index in [1.807, 2.05) is 60.7 Å². The Hall–Kier alpha value is -2.38. The average Bonchev–Trinajstić information content (AvgIpc) is 2.77. The van der Waals surface area contributed by atoms with E-state index in [0.717, 1.165) is 10.0 Å². The van der Waals surface area contributed by atoms with Crippen molar-refractivity contribution in [2.75, 3.05) is 6.61 Å². The number of carbonyl (C=O) groups excluding carboxylic acids is 1. The van der Waals surface area contributed by atoms with E-state index in [1.165, 1.54) is 6.92 Å². The zero-order chi connectivity index (χ0) is 20.9. The van der Waals surface area contributed by atoms with Gasteiger partial charge in [0.1, 0.15) is 0 Å². The summed E-state index contributed by atoms with van der Waals surface area (Å²) in [4.78, 5) is 14.9. The van der Waals surface area contributed by atoms with Crippen molar-refractivity contribution in [3.05, 3.63) is 76.7 Å². The molecule has 0 N–H and O–H groups in total. The van der Waals surface area contributed by atoms with Crippen LogP contribution in [0.2, 0.25) is 0 Å². The molecule has 0 aliphatic carbocycles. The summed E-state index contributed by atoms with van der Waals surface area (Å²) in [5, 5.41) is 3.54. The first-order valence-corrected chi connectivity index (χ1v) is 11.4. The maximum atomic E-state index is 11.9. The predicted molar refractivity (Wildman–Crippen MR) is 109 cm³/mol. The van der Waals surface area contributed by atoms with E-state index in [4.69, 9.17) is 18.9 Å². The van der Waals surface area contributed by atoms with Crippen LogP contribution in [-0.2, 0) is 23.7 Å². The molecule has 6 atom stereocenters. The summed E-state index contributed by atoms with van der Waals surface area (Å²) >= 11 is -0.167. The molecule has 4 rings (SSSR count). The fourth-order valence-corrected chi connectivity index (χ4v) is 5.95. The number of esters is 1. The predicted octanol–water partition coefficient (Wildman–Crippen LogP) is 2.47. The topological polar surface area (TPSA) is 103 Å². The van der Waals surface area contributed by atoms with Crippen LogP contribution in [0.3, 0.4) is 0 Å². The van der Waals surface area contributed by atoms with Gasteiger partial charge in [-0.1, -0.05) is 0 Å². The van der Waals surface area contributed by atoms with Crippen molar-refractivity contribution in [3.8, 4) is 0 Å². The maximum absolute atomic E-state index is 11.9. The first kappa shape index (κ1) is 20.9. The normalized spacial score (nSPS) is 30.6. The Morgan fingerprint density at radius 2 is 1.83 bits per heavy atom. The molecule has 2 aromatic rings. The summed E-state index contributed by atoms with van der Waals surface area (Å²) in [6, 6.07) is 18.7. The summed E-state index contributed by atoms with van der Waals surface area (Å²) in [5.74, 6) is -0.462. The van der Waals surface area contributed by atoms with Gasteiger partial charge in [0.25, 0.3) is 0 Å². The molecule has 2 aromatic carbocycles. The van der Waals surface area contributed by atoms with Crippen LogP contribution in [0.4, 0.5) is 0 Å². The van der Waals surface area contributed by atoms with Crippen molar-refractivity contribution in [1.29, 1.82) is 0 Å². The summed E-state index contributed by atoms with van der Waals surface area (Å²) in [5.41, 5.74) is 10.0. The molecule has 2 aliphatic heterocycles. The van der Waals surface area contributed by atoms with E-state index in [0.29, 0.717) is 0 Å². The van der Waals surface area contributed by atoms with Gasteiger partial charge in [0.15, 0.2) is 0 Å². The minimum absolute atomic E-state index is 0.167.